The minimum Gasteiger partial charge on any atom is -0.493 e. The molecule has 33 heavy (non-hydrogen) atoms. The van der Waals surface area contributed by atoms with Gasteiger partial charge in [-0.2, -0.15) is 0 Å². The van der Waals surface area contributed by atoms with Gasteiger partial charge in [0.2, 0.25) is 5.91 Å². The Bertz CT molecular complexity index is 1220. The summed E-state index contributed by atoms with van der Waals surface area (Å²) in [5.74, 6) is 0.607. The Morgan fingerprint density at radius 3 is 2.24 bits per heavy atom. The van der Waals surface area contributed by atoms with Crippen LogP contribution in [-0.2, 0) is 14.8 Å². The predicted molar refractivity (Wildman–Crippen MR) is 129 cm³/mol. The molecule has 0 fully saturated rings. The van der Waals surface area contributed by atoms with Crippen molar-refractivity contribution in [3.8, 4) is 11.5 Å². The van der Waals surface area contributed by atoms with Crippen LogP contribution in [0.4, 0.5) is 5.69 Å². The van der Waals surface area contributed by atoms with Gasteiger partial charge in [-0.1, -0.05) is 48.0 Å². The summed E-state index contributed by atoms with van der Waals surface area (Å²) in [7, 11) is -0.971. The summed E-state index contributed by atoms with van der Waals surface area (Å²) in [4.78, 5) is 13.0. The number of sulfonamides is 1. The number of ether oxygens (including phenoxy) is 2. The van der Waals surface area contributed by atoms with Crippen LogP contribution in [0.1, 0.15) is 18.5 Å². The number of anilines is 1. The van der Waals surface area contributed by atoms with E-state index >= 15 is 0 Å². The zero-order chi connectivity index (χ0) is 24.0. The Kier molecular flexibility index (Phi) is 7.84. The Hall–Kier alpha value is -3.23. The molecule has 1 N–H and O–H groups in total. The maximum atomic E-state index is 13.4. The van der Waals surface area contributed by atoms with Gasteiger partial charge in [-0.25, -0.2) is 8.42 Å². The molecule has 0 aromatic heterocycles. The molecule has 0 saturated heterocycles. The summed E-state index contributed by atoms with van der Waals surface area (Å²) >= 11 is 6.30. The number of halogens is 1. The molecule has 0 spiro atoms. The molecular formula is C24H25ClN2O5S. The van der Waals surface area contributed by atoms with E-state index in [0.717, 1.165) is 9.87 Å². The van der Waals surface area contributed by atoms with Crippen molar-refractivity contribution in [2.24, 2.45) is 0 Å². The van der Waals surface area contributed by atoms with Crippen LogP contribution in [0.2, 0.25) is 5.02 Å². The normalized spacial score (nSPS) is 12.0. The molecule has 0 aliphatic carbocycles. The van der Waals surface area contributed by atoms with E-state index in [2.05, 4.69) is 5.32 Å². The van der Waals surface area contributed by atoms with Gasteiger partial charge in [-0.15, -0.1) is 0 Å². The number of nitrogens with zero attached hydrogens (tertiary/aromatic N) is 1. The van der Waals surface area contributed by atoms with E-state index < -0.39 is 28.5 Å². The molecule has 0 unspecified atom stereocenters. The fourth-order valence-corrected chi connectivity index (χ4v) is 5.05. The molecule has 0 radical (unpaired) electrons. The Balaban J connectivity index is 1.87. The van der Waals surface area contributed by atoms with Crippen LogP contribution in [0.5, 0.6) is 11.5 Å². The highest BCUT2D eigenvalue weighted by Gasteiger charge is 2.29. The van der Waals surface area contributed by atoms with Crippen LogP contribution in [0, 0.1) is 0 Å². The van der Waals surface area contributed by atoms with Gasteiger partial charge in [-0.3, -0.25) is 9.10 Å². The minimum absolute atomic E-state index is 0.0608. The fraction of sp³-hybridized carbons (Fsp3) is 0.208. The Labute approximate surface area is 198 Å². The van der Waals surface area contributed by atoms with Crippen molar-refractivity contribution < 1.29 is 22.7 Å². The van der Waals surface area contributed by atoms with Crippen molar-refractivity contribution in [1.82, 2.24) is 5.32 Å². The van der Waals surface area contributed by atoms with Gasteiger partial charge in [0, 0.05) is 0 Å². The molecule has 3 aromatic carbocycles. The second kappa shape index (κ2) is 10.6. The zero-order valence-corrected chi connectivity index (χ0v) is 20.1. The van der Waals surface area contributed by atoms with E-state index in [0.29, 0.717) is 11.5 Å². The van der Waals surface area contributed by atoms with Gasteiger partial charge in [0.05, 0.1) is 35.9 Å². The number of hydrogen-bond donors (Lipinski definition) is 1. The SMILES string of the molecule is COc1ccc([C@H](C)NC(=O)CN(c2ccccc2Cl)S(=O)(=O)c2ccccc2)cc1OC. The molecule has 3 aromatic rings. The van der Waals surface area contributed by atoms with Crippen molar-refractivity contribution in [3.63, 3.8) is 0 Å². The molecule has 0 bridgehead atoms. The lowest BCUT2D eigenvalue weighted by Crippen LogP contribution is -2.41. The number of amides is 1. The van der Waals surface area contributed by atoms with E-state index in [-0.39, 0.29) is 15.6 Å². The molecule has 9 heteroatoms. The average Bonchev–Trinajstić information content (AvgIpc) is 2.83. The molecule has 3 rings (SSSR count). The van der Waals surface area contributed by atoms with Crippen LogP contribution >= 0.6 is 11.6 Å². The van der Waals surface area contributed by atoms with Crippen LogP contribution in [-0.4, -0.2) is 35.1 Å². The third-order valence-corrected chi connectivity index (χ3v) is 7.12. The highest BCUT2D eigenvalue weighted by Crippen LogP contribution is 2.31. The van der Waals surface area contributed by atoms with E-state index in [9.17, 15) is 13.2 Å². The highest BCUT2D eigenvalue weighted by molar-refractivity contribution is 7.92. The second-order valence-electron chi connectivity index (χ2n) is 7.18. The summed E-state index contributed by atoms with van der Waals surface area (Å²) in [5, 5.41) is 3.06. The molecule has 0 heterocycles. The van der Waals surface area contributed by atoms with Gasteiger partial charge < -0.3 is 14.8 Å². The van der Waals surface area contributed by atoms with Crippen molar-refractivity contribution in [3.05, 3.63) is 83.4 Å². The lowest BCUT2D eigenvalue weighted by Gasteiger charge is -2.26. The summed E-state index contributed by atoms with van der Waals surface area (Å²) in [6, 6.07) is 19.3. The van der Waals surface area contributed by atoms with E-state index in [1.807, 2.05) is 0 Å². The van der Waals surface area contributed by atoms with Crippen LogP contribution < -0.4 is 19.1 Å². The largest absolute Gasteiger partial charge is 0.493 e. The number of methoxy groups -OCH3 is 2. The minimum atomic E-state index is -4.04. The quantitative estimate of drug-likeness (QED) is 0.481. The third-order valence-electron chi connectivity index (χ3n) is 5.02. The van der Waals surface area contributed by atoms with Gasteiger partial charge in [0.15, 0.2) is 11.5 Å². The van der Waals surface area contributed by atoms with Crippen molar-refractivity contribution in [2.45, 2.75) is 17.9 Å². The number of para-hydroxylation sites is 1. The van der Waals surface area contributed by atoms with Gasteiger partial charge in [-0.05, 0) is 48.9 Å². The molecule has 0 saturated carbocycles. The van der Waals surface area contributed by atoms with E-state index in [1.165, 1.54) is 19.2 Å². The number of benzene rings is 3. The first-order chi connectivity index (χ1) is 15.8. The summed E-state index contributed by atoms with van der Waals surface area (Å²) < 4.78 is 38.4. The van der Waals surface area contributed by atoms with E-state index in [1.54, 1.807) is 74.7 Å². The maximum Gasteiger partial charge on any atom is 0.264 e. The van der Waals surface area contributed by atoms with Gasteiger partial charge >= 0.3 is 0 Å². The predicted octanol–water partition coefficient (Wildman–Crippen LogP) is 4.43. The number of carbonyl (C=O) groups excluding carboxylic acids is 1. The lowest BCUT2D eigenvalue weighted by molar-refractivity contribution is -0.120. The molecule has 174 valence electrons. The first-order valence-electron chi connectivity index (χ1n) is 10.1. The van der Waals surface area contributed by atoms with Gasteiger partial charge in [0.25, 0.3) is 10.0 Å². The monoisotopic (exact) mass is 488 g/mol. The summed E-state index contributed by atoms with van der Waals surface area (Å²) in [5.41, 5.74) is 0.994. The number of hydrogen-bond acceptors (Lipinski definition) is 5. The molecule has 0 aliphatic rings. The first-order valence-corrected chi connectivity index (χ1v) is 11.9. The fourth-order valence-electron chi connectivity index (χ4n) is 3.30. The average molecular weight is 489 g/mol. The smallest absolute Gasteiger partial charge is 0.264 e. The van der Waals surface area contributed by atoms with Crippen LogP contribution in [0.3, 0.4) is 0 Å². The first kappa shape index (κ1) is 24.4. The summed E-state index contributed by atoms with van der Waals surface area (Å²) in [6.07, 6.45) is 0. The topological polar surface area (TPSA) is 84.9 Å². The van der Waals surface area contributed by atoms with Crippen molar-refractivity contribution >= 4 is 33.2 Å². The molecule has 7 nitrogen and oxygen atoms in total. The molecule has 0 aliphatic heterocycles. The van der Waals surface area contributed by atoms with Crippen molar-refractivity contribution in [2.75, 3.05) is 25.1 Å². The van der Waals surface area contributed by atoms with Crippen LogP contribution in [0.15, 0.2) is 77.7 Å². The number of nitrogens with one attached hydrogen (secondary N) is 1. The maximum absolute atomic E-state index is 13.4. The van der Waals surface area contributed by atoms with Crippen LogP contribution in [0.25, 0.3) is 0 Å². The van der Waals surface area contributed by atoms with Crippen molar-refractivity contribution in [1.29, 1.82) is 0 Å². The van der Waals surface area contributed by atoms with Gasteiger partial charge in [0.1, 0.15) is 6.54 Å². The van der Waals surface area contributed by atoms with E-state index in [4.69, 9.17) is 21.1 Å². The standard InChI is InChI=1S/C24H25ClN2O5S/c1-17(18-13-14-22(31-2)23(15-18)32-3)26-24(28)16-27(21-12-8-7-11-20(21)25)33(29,30)19-9-5-4-6-10-19/h4-15,17H,16H2,1-3H3,(H,26,28)/t17-/m0/s1. The Morgan fingerprint density at radius 1 is 0.970 bits per heavy atom. The molecule has 1 atom stereocenters. The molecule has 1 amide bonds. The lowest BCUT2D eigenvalue weighted by atomic mass is 10.1. The molecular weight excluding hydrogens is 464 g/mol. The zero-order valence-electron chi connectivity index (χ0n) is 18.5. The summed E-state index contributed by atoms with van der Waals surface area (Å²) in [6.45, 7) is 1.35. The third kappa shape index (κ3) is 5.58. The highest BCUT2D eigenvalue weighted by atomic mass is 35.5. The number of carbonyl (C=O) groups is 1. The second-order valence-corrected chi connectivity index (χ2v) is 9.45. The number of rotatable bonds is 9. The Morgan fingerprint density at radius 2 is 1.61 bits per heavy atom.